The monoisotopic (exact) mass is 307 g/mol. The summed E-state index contributed by atoms with van der Waals surface area (Å²) in [6.07, 6.45) is 0. The van der Waals surface area contributed by atoms with Gasteiger partial charge in [-0.1, -0.05) is 23.2 Å². The third-order valence-electron chi connectivity index (χ3n) is 2.07. The summed E-state index contributed by atoms with van der Waals surface area (Å²) in [5.74, 6) is -1.82. The fourth-order valence-electron chi connectivity index (χ4n) is 1.15. The van der Waals surface area contributed by atoms with Gasteiger partial charge in [0.15, 0.2) is 6.61 Å². The Morgan fingerprint density at radius 1 is 1.37 bits per heavy atom. The summed E-state index contributed by atoms with van der Waals surface area (Å²) in [5, 5.41) is 20.1. The van der Waals surface area contributed by atoms with E-state index in [0.717, 1.165) is 0 Å². The topological polar surface area (TPSA) is 95.9 Å². The van der Waals surface area contributed by atoms with E-state index in [1.165, 1.54) is 12.1 Å². The standard InChI is InChI=1S/C11H11Cl2NO5/c12-6-1-2-7(13)9(3-6)19-5-10(16)14-8(4-15)11(17)18/h1-3,8,15H,4-5H2,(H,14,16)(H,17,18)/t8-/m0/s1. The highest BCUT2D eigenvalue weighted by Gasteiger charge is 2.19. The Bertz CT molecular complexity index is 480. The molecule has 0 radical (unpaired) electrons. The summed E-state index contributed by atoms with van der Waals surface area (Å²) < 4.78 is 5.10. The molecule has 8 heteroatoms. The lowest BCUT2D eigenvalue weighted by molar-refractivity contribution is -0.143. The van der Waals surface area contributed by atoms with Crippen molar-refractivity contribution in [3.8, 4) is 5.75 Å². The number of carbonyl (C=O) groups is 2. The molecule has 0 fully saturated rings. The van der Waals surface area contributed by atoms with E-state index in [1.807, 2.05) is 0 Å². The maximum absolute atomic E-state index is 11.4. The van der Waals surface area contributed by atoms with Crippen LogP contribution in [0.15, 0.2) is 18.2 Å². The van der Waals surface area contributed by atoms with Crippen molar-refractivity contribution in [3.05, 3.63) is 28.2 Å². The van der Waals surface area contributed by atoms with Gasteiger partial charge >= 0.3 is 5.97 Å². The van der Waals surface area contributed by atoms with Gasteiger partial charge in [-0.05, 0) is 12.1 Å². The van der Waals surface area contributed by atoms with E-state index < -0.39 is 31.1 Å². The second-order valence-corrected chi connectivity index (χ2v) is 4.35. The highest BCUT2D eigenvalue weighted by atomic mass is 35.5. The van der Waals surface area contributed by atoms with Crippen LogP contribution in [0.5, 0.6) is 5.75 Å². The maximum Gasteiger partial charge on any atom is 0.328 e. The van der Waals surface area contributed by atoms with Gasteiger partial charge in [0.2, 0.25) is 0 Å². The average molecular weight is 308 g/mol. The van der Waals surface area contributed by atoms with E-state index in [-0.39, 0.29) is 10.8 Å². The van der Waals surface area contributed by atoms with Gasteiger partial charge in [0, 0.05) is 11.1 Å². The predicted molar refractivity (Wildman–Crippen MR) is 68.6 cm³/mol. The van der Waals surface area contributed by atoms with Crippen LogP contribution < -0.4 is 10.1 Å². The number of aliphatic hydroxyl groups is 1. The number of aliphatic carboxylic acids is 1. The molecule has 0 saturated carbocycles. The molecule has 0 aromatic heterocycles. The minimum Gasteiger partial charge on any atom is -0.482 e. The van der Waals surface area contributed by atoms with Crippen LogP contribution in [-0.4, -0.2) is 41.3 Å². The number of aliphatic hydroxyl groups excluding tert-OH is 1. The van der Waals surface area contributed by atoms with E-state index in [1.54, 1.807) is 6.07 Å². The lowest BCUT2D eigenvalue weighted by atomic mass is 10.3. The van der Waals surface area contributed by atoms with Gasteiger partial charge in [-0.3, -0.25) is 4.79 Å². The van der Waals surface area contributed by atoms with Gasteiger partial charge in [0.25, 0.3) is 5.91 Å². The van der Waals surface area contributed by atoms with Crippen molar-refractivity contribution in [2.75, 3.05) is 13.2 Å². The molecule has 3 N–H and O–H groups in total. The minimum absolute atomic E-state index is 0.209. The first kappa shape index (κ1) is 15.6. The van der Waals surface area contributed by atoms with E-state index in [4.69, 9.17) is 38.2 Å². The van der Waals surface area contributed by atoms with Gasteiger partial charge in [0.05, 0.1) is 11.6 Å². The highest BCUT2D eigenvalue weighted by Crippen LogP contribution is 2.27. The molecule has 0 spiro atoms. The maximum atomic E-state index is 11.4. The number of amides is 1. The number of hydrogen-bond acceptors (Lipinski definition) is 4. The van der Waals surface area contributed by atoms with Crippen molar-refractivity contribution in [1.29, 1.82) is 0 Å². The Morgan fingerprint density at radius 2 is 2.05 bits per heavy atom. The third kappa shape index (κ3) is 4.94. The second-order valence-electron chi connectivity index (χ2n) is 3.50. The molecule has 1 amide bonds. The SMILES string of the molecule is O=C(COc1cc(Cl)ccc1Cl)N[C@@H](CO)C(=O)O. The molecule has 0 aliphatic heterocycles. The summed E-state index contributed by atoms with van der Waals surface area (Å²) in [6.45, 7) is -1.15. The van der Waals surface area contributed by atoms with Crippen LogP contribution in [0.1, 0.15) is 0 Å². The molecule has 0 aliphatic rings. The van der Waals surface area contributed by atoms with Crippen LogP contribution in [0.4, 0.5) is 0 Å². The number of rotatable bonds is 6. The molecule has 1 aromatic rings. The van der Waals surface area contributed by atoms with Crippen LogP contribution in [0.25, 0.3) is 0 Å². The largest absolute Gasteiger partial charge is 0.482 e. The quantitative estimate of drug-likeness (QED) is 0.726. The van der Waals surface area contributed by atoms with Crippen molar-refractivity contribution >= 4 is 35.1 Å². The fourth-order valence-corrected chi connectivity index (χ4v) is 1.49. The Labute approximate surface area is 118 Å². The number of nitrogens with one attached hydrogen (secondary N) is 1. The Hall–Kier alpha value is -1.50. The van der Waals surface area contributed by atoms with Crippen LogP contribution in [-0.2, 0) is 9.59 Å². The Balaban J connectivity index is 2.54. The lowest BCUT2D eigenvalue weighted by Gasteiger charge is -2.12. The van der Waals surface area contributed by atoms with Crippen molar-refractivity contribution < 1.29 is 24.5 Å². The molecule has 0 aliphatic carbocycles. The number of carboxylic acid groups (broad SMARTS) is 1. The first-order valence-corrected chi connectivity index (χ1v) is 5.90. The van der Waals surface area contributed by atoms with Gasteiger partial charge < -0.3 is 20.3 Å². The molecule has 19 heavy (non-hydrogen) atoms. The van der Waals surface area contributed by atoms with E-state index in [0.29, 0.717) is 5.02 Å². The number of ether oxygens (including phenoxy) is 1. The van der Waals surface area contributed by atoms with Crippen LogP contribution in [0.2, 0.25) is 10.0 Å². The first-order valence-electron chi connectivity index (χ1n) is 5.15. The lowest BCUT2D eigenvalue weighted by Crippen LogP contribution is -2.45. The molecule has 6 nitrogen and oxygen atoms in total. The van der Waals surface area contributed by atoms with E-state index in [2.05, 4.69) is 5.32 Å². The Morgan fingerprint density at radius 3 is 2.63 bits per heavy atom. The zero-order valence-corrected chi connectivity index (χ0v) is 11.1. The molecular formula is C11H11Cl2NO5. The summed E-state index contributed by atoms with van der Waals surface area (Å²) >= 11 is 11.5. The minimum atomic E-state index is -1.37. The van der Waals surface area contributed by atoms with Crippen molar-refractivity contribution in [3.63, 3.8) is 0 Å². The summed E-state index contributed by atoms with van der Waals surface area (Å²) in [6, 6.07) is 3.12. The second kappa shape index (κ2) is 7.18. The number of benzene rings is 1. The number of carboxylic acids is 1. The molecule has 0 saturated heterocycles. The zero-order valence-electron chi connectivity index (χ0n) is 9.60. The summed E-state index contributed by atoms with van der Waals surface area (Å²) in [4.78, 5) is 22.0. The van der Waals surface area contributed by atoms with E-state index in [9.17, 15) is 9.59 Å². The van der Waals surface area contributed by atoms with E-state index >= 15 is 0 Å². The Kier molecular flexibility index (Phi) is 5.88. The molecule has 0 unspecified atom stereocenters. The first-order chi connectivity index (χ1) is 8.93. The number of hydrogen-bond donors (Lipinski definition) is 3. The number of halogens is 2. The van der Waals surface area contributed by atoms with Gasteiger partial charge in [-0.25, -0.2) is 4.79 Å². The molecule has 1 rings (SSSR count). The number of carbonyl (C=O) groups excluding carboxylic acids is 1. The molecule has 104 valence electrons. The molecule has 1 atom stereocenters. The highest BCUT2D eigenvalue weighted by molar-refractivity contribution is 6.34. The molecule has 1 aromatic carbocycles. The summed E-state index contributed by atoms with van der Waals surface area (Å²) in [5.41, 5.74) is 0. The van der Waals surface area contributed by atoms with Crippen LogP contribution in [0.3, 0.4) is 0 Å². The van der Waals surface area contributed by atoms with Crippen molar-refractivity contribution in [2.45, 2.75) is 6.04 Å². The predicted octanol–water partition coefficient (Wildman–Crippen LogP) is 0.934. The van der Waals surface area contributed by atoms with Crippen LogP contribution >= 0.6 is 23.2 Å². The van der Waals surface area contributed by atoms with Crippen molar-refractivity contribution in [2.24, 2.45) is 0 Å². The summed E-state index contributed by atoms with van der Waals surface area (Å²) in [7, 11) is 0. The zero-order chi connectivity index (χ0) is 14.4. The van der Waals surface area contributed by atoms with Crippen LogP contribution in [0, 0.1) is 0 Å². The fraction of sp³-hybridized carbons (Fsp3) is 0.273. The smallest absolute Gasteiger partial charge is 0.328 e. The normalized spacial score (nSPS) is 11.7. The molecular weight excluding hydrogens is 297 g/mol. The van der Waals surface area contributed by atoms with Gasteiger partial charge in [-0.2, -0.15) is 0 Å². The molecule has 0 heterocycles. The van der Waals surface area contributed by atoms with Crippen molar-refractivity contribution in [1.82, 2.24) is 5.32 Å². The molecule has 0 bridgehead atoms. The van der Waals surface area contributed by atoms with Gasteiger partial charge in [0.1, 0.15) is 11.8 Å². The third-order valence-corrected chi connectivity index (χ3v) is 2.62. The average Bonchev–Trinajstić information content (AvgIpc) is 2.36. The van der Waals surface area contributed by atoms with Gasteiger partial charge in [-0.15, -0.1) is 0 Å².